The maximum atomic E-state index is 11.3. The summed E-state index contributed by atoms with van der Waals surface area (Å²) >= 11 is 1.47. The van der Waals surface area contributed by atoms with Crippen molar-refractivity contribution in [3.8, 4) is 0 Å². The van der Waals surface area contributed by atoms with Crippen molar-refractivity contribution in [2.45, 2.75) is 6.92 Å². The molecule has 0 saturated carbocycles. The molecule has 0 atom stereocenters. The number of nitrogens with one attached hydrogen (secondary N) is 2. The summed E-state index contributed by atoms with van der Waals surface area (Å²) in [5, 5.41) is 5.67. The molecule has 0 spiro atoms. The van der Waals surface area contributed by atoms with Gasteiger partial charge in [-0.3, -0.25) is 10.2 Å². The fraction of sp³-hybridized carbons (Fsp3) is 0.300. The minimum atomic E-state index is -0.332. The van der Waals surface area contributed by atoms with Crippen LogP contribution in [0.4, 0.5) is 11.8 Å². The molecule has 0 amide bonds. The predicted molar refractivity (Wildman–Crippen MR) is 70.3 cm³/mol. The highest BCUT2D eigenvalue weighted by Gasteiger charge is 2.09. The van der Waals surface area contributed by atoms with E-state index in [0.717, 1.165) is 10.2 Å². The molecule has 0 unspecified atom stereocenters. The number of rotatable bonds is 5. The standard InChI is InChI=1S/C10H13N5O2S/c1-2-17-7(16)5-12-8-6-3-4-18-9(6)14-10(13-8)15-11/h3-4H,2,5,11H2,1H3,(H2,12,13,14,15). The second kappa shape index (κ2) is 5.61. The first-order valence-electron chi connectivity index (χ1n) is 5.36. The fourth-order valence-corrected chi connectivity index (χ4v) is 2.19. The molecule has 96 valence electrons. The van der Waals surface area contributed by atoms with Gasteiger partial charge in [-0.15, -0.1) is 11.3 Å². The van der Waals surface area contributed by atoms with Gasteiger partial charge >= 0.3 is 5.97 Å². The summed E-state index contributed by atoms with van der Waals surface area (Å²) < 4.78 is 4.83. The van der Waals surface area contributed by atoms with E-state index in [1.54, 1.807) is 6.92 Å². The van der Waals surface area contributed by atoms with Crippen LogP contribution in [-0.4, -0.2) is 29.1 Å². The van der Waals surface area contributed by atoms with Crippen molar-refractivity contribution in [2.75, 3.05) is 23.9 Å². The van der Waals surface area contributed by atoms with Gasteiger partial charge in [0, 0.05) is 0 Å². The largest absolute Gasteiger partial charge is 0.465 e. The van der Waals surface area contributed by atoms with Gasteiger partial charge in [0.05, 0.1) is 12.0 Å². The van der Waals surface area contributed by atoms with Crippen molar-refractivity contribution >= 4 is 39.3 Å². The molecule has 2 aromatic rings. The average Bonchev–Trinajstić information content (AvgIpc) is 2.84. The van der Waals surface area contributed by atoms with Crippen molar-refractivity contribution < 1.29 is 9.53 Å². The number of hydrazine groups is 1. The number of carbonyl (C=O) groups is 1. The van der Waals surface area contributed by atoms with E-state index in [2.05, 4.69) is 20.7 Å². The summed E-state index contributed by atoms with van der Waals surface area (Å²) in [6.45, 7) is 2.17. The van der Waals surface area contributed by atoms with E-state index in [1.165, 1.54) is 11.3 Å². The number of fused-ring (bicyclic) bond motifs is 1. The normalized spacial score (nSPS) is 10.3. The summed E-state index contributed by atoms with van der Waals surface area (Å²) in [6, 6.07) is 1.88. The van der Waals surface area contributed by atoms with Gasteiger partial charge in [0.2, 0.25) is 5.95 Å². The molecule has 2 heterocycles. The quantitative estimate of drug-likeness (QED) is 0.421. The number of nitrogen functional groups attached to an aromatic ring is 1. The Bertz CT molecular complexity index is 556. The Labute approximate surface area is 107 Å². The van der Waals surface area contributed by atoms with E-state index in [-0.39, 0.29) is 12.5 Å². The van der Waals surface area contributed by atoms with Gasteiger partial charge in [0.1, 0.15) is 17.2 Å². The van der Waals surface area contributed by atoms with Crippen molar-refractivity contribution in [3.05, 3.63) is 11.4 Å². The van der Waals surface area contributed by atoms with Crippen LogP contribution in [0.15, 0.2) is 11.4 Å². The Morgan fingerprint density at radius 2 is 2.39 bits per heavy atom. The number of hydrogen-bond donors (Lipinski definition) is 3. The highest BCUT2D eigenvalue weighted by molar-refractivity contribution is 7.16. The van der Waals surface area contributed by atoms with Crippen LogP contribution in [0.3, 0.4) is 0 Å². The maximum absolute atomic E-state index is 11.3. The number of hydrogen-bond acceptors (Lipinski definition) is 8. The number of nitrogens with zero attached hydrogens (tertiary/aromatic N) is 2. The number of ether oxygens (including phenoxy) is 1. The summed E-state index contributed by atoms with van der Waals surface area (Å²) in [6.07, 6.45) is 0. The lowest BCUT2D eigenvalue weighted by molar-refractivity contribution is -0.140. The molecule has 4 N–H and O–H groups in total. The SMILES string of the molecule is CCOC(=O)CNc1nc(NN)nc2sccc12. The van der Waals surface area contributed by atoms with E-state index in [9.17, 15) is 4.79 Å². The van der Waals surface area contributed by atoms with Crippen LogP contribution in [0, 0.1) is 0 Å². The molecule has 8 heteroatoms. The van der Waals surface area contributed by atoms with Crippen LogP contribution >= 0.6 is 11.3 Å². The van der Waals surface area contributed by atoms with Crippen molar-refractivity contribution in [3.63, 3.8) is 0 Å². The Balaban J connectivity index is 2.20. The molecule has 0 saturated heterocycles. The molecular formula is C10H13N5O2S. The van der Waals surface area contributed by atoms with Crippen molar-refractivity contribution in [2.24, 2.45) is 5.84 Å². The number of anilines is 2. The second-order valence-corrected chi connectivity index (χ2v) is 4.23. The molecule has 0 bridgehead atoms. The number of nitrogens with two attached hydrogens (primary N) is 1. The lowest BCUT2D eigenvalue weighted by atomic mass is 10.4. The van der Waals surface area contributed by atoms with Gasteiger partial charge in [0.25, 0.3) is 0 Å². The molecule has 0 fully saturated rings. The molecule has 2 aromatic heterocycles. The van der Waals surface area contributed by atoms with E-state index >= 15 is 0 Å². The predicted octanol–water partition coefficient (Wildman–Crippen LogP) is 0.952. The summed E-state index contributed by atoms with van der Waals surface area (Å²) in [5.74, 6) is 5.82. The number of thiophene rings is 1. The van der Waals surface area contributed by atoms with Crippen LogP contribution in [0.1, 0.15) is 6.92 Å². The van der Waals surface area contributed by atoms with Crippen LogP contribution in [0.5, 0.6) is 0 Å². The molecule has 0 radical (unpaired) electrons. The zero-order chi connectivity index (χ0) is 13.0. The first-order valence-corrected chi connectivity index (χ1v) is 6.24. The maximum Gasteiger partial charge on any atom is 0.325 e. The molecule has 0 aliphatic carbocycles. The Kier molecular flexibility index (Phi) is 3.90. The first-order chi connectivity index (χ1) is 8.74. The highest BCUT2D eigenvalue weighted by atomic mass is 32.1. The van der Waals surface area contributed by atoms with Gasteiger partial charge < -0.3 is 10.1 Å². The van der Waals surface area contributed by atoms with Crippen LogP contribution < -0.4 is 16.6 Å². The third-order valence-corrected chi connectivity index (χ3v) is 2.97. The lowest BCUT2D eigenvalue weighted by Crippen LogP contribution is -2.18. The summed E-state index contributed by atoms with van der Waals surface area (Å²) in [4.78, 5) is 20.4. The first kappa shape index (κ1) is 12.5. The molecule has 2 rings (SSSR count). The lowest BCUT2D eigenvalue weighted by Gasteiger charge is -2.07. The average molecular weight is 267 g/mol. The third-order valence-electron chi connectivity index (χ3n) is 2.16. The van der Waals surface area contributed by atoms with Crippen LogP contribution in [-0.2, 0) is 9.53 Å². The van der Waals surface area contributed by atoms with E-state index in [1.807, 2.05) is 11.4 Å². The van der Waals surface area contributed by atoms with Crippen LogP contribution in [0.2, 0.25) is 0 Å². The number of esters is 1. The van der Waals surface area contributed by atoms with Gasteiger partial charge in [-0.2, -0.15) is 4.98 Å². The topological polar surface area (TPSA) is 102 Å². The van der Waals surface area contributed by atoms with E-state index in [4.69, 9.17) is 10.6 Å². The monoisotopic (exact) mass is 267 g/mol. The molecular weight excluding hydrogens is 254 g/mol. The number of carbonyl (C=O) groups excluding carboxylic acids is 1. The summed E-state index contributed by atoms with van der Waals surface area (Å²) in [5.41, 5.74) is 2.39. The van der Waals surface area contributed by atoms with Gasteiger partial charge in [-0.05, 0) is 18.4 Å². The second-order valence-electron chi connectivity index (χ2n) is 3.34. The zero-order valence-electron chi connectivity index (χ0n) is 9.77. The van der Waals surface area contributed by atoms with Crippen LogP contribution in [0.25, 0.3) is 10.2 Å². The molecule has 18 heavy (non-hydrogen) atoms. The van der Waals surface area contributed by atoms with Gasteiger partial charge in [-0.1, -0.05) is 0 Å². The van der Waals surface area contributed by atoms with Crippen molar-refractivity contribution in [1.82, 2.24) is 9.97 Å². The molecule has 7 nitrogen and oxygen atoms in total. The smallest absolute Gasteiger partial charge is 0.325 e. The minimum absolute atomic E-state index is 0.0554. The third kappa shape index (κ3) is 2.66. The van der Waals surface area contributed by atoms with Gasteiger partial charge in [0.15, 0.2) is 0 Å². The molecule has 0 aromatic carbocycles. The Morgan fingerprint density at radius 3 is 3.11 bits per heavy atom. The zero-order valence-corrected chi connectivity index (χ0v) is 10.6. The Morgan fingerprint density at radius 1 is 1.56 bits per heavy atom. The summed E-state index contributed by atoms with van der Waals surface area (Å²) in [7, 11) is 0. The van der Waals surface area contributed by atoms with Gasteiger partial charge in [-0.25, -0.2) is 10.8 Å². The van der Waals surface area contributed by atoms with E-state index in [0.29, 0.717) is 18.4 Å². The fourth-order valence-electron chi connectivity index (χ4n) is 1.42. The minimum Gasteiger partial charge on any atom is -0.465 e. The molecule has 0 aliphatic heterocycles. The molecule has 0 aliphatic rings. The van der Waals surface area contributed by atoms with Crippen molar-refractivity contribution in [1.29, 1.82) is 0 Å². The van der Waals surface area contributed by atoms with E-state index < -0.39 is 0 Å². The number of aromatic nitrogens is 2. The Hall–Kier alpha value is -1.93. The highest BCUT2D eigenvalue weighted by Crippen LogP contribution is 2.25.